The van der Waals surface area contributed by atoms with E-state index in [1.54, 1.807) is 0 Å². The lowest BCUT2D eigenvalue weighted by molar-refractivity contribution is 0.0715. The van der Waals surface area contributed by atoms with Crippen molar-refractivity contribution in [2.45, 2.75) is 18.9 Å². The molecule has 104 valence electrons. The average Bonchev–Trinajstić information content (AvgIpc) is 3.02. The van der Waals surface area contributed by atoms with E-state index < -0.39 is 0 Å². The highest BCUT2D eigenvalue weighted by Gasteiger charge is 2.21. The summed E-state index contributed by atoms with van der Waals surface area (Å²) in [5, 5.41) is 6.69. The van der Waals surface area contributed by atoms with Crippen molar-refractivity contribution in [2.24, 2.45) is 5.73 Å². The number of nitrogens with one attached hydrogen (secondary N) is 1. The van der Waals surface area contributed by atoms with Crippen LogP contribution in [0.3, 0.4) is 0 Å². The maximum Gasteiger partial charge on any atom is 0.253 e. The van der Waals surface area contributed by atoms with Crippen LogP contribution >= 0.6 is 0 Å². The summed E-state index contributed by atoms with van der Waals surface area (Å²) in [6.07, 6.45) is 3.29. The summed E-state index contributed by atoms with van der Waals surface area (Å²) >= 11 is 0. The molecule has 2 aromatic rings. The van der Waals surface area contributed by atoms with Gasteiger partial charge in [0, 0.05) is 30.3 Å². The summed E-state index contributed by atoms with van der Waals surface area (Å²) in [6, 6.07) is 7.61. The summed E-state index contributed by atoms with van der Waals surface area (Å²) in [6.45, 7) is 1.48. The van der Waals surface area contributed by atoms with E-state index in [9.17, 15) is 4.79 Å². The van der Waals surface area contributed by atoms with Gasteiger partial charge < -0.3 is 10.6 Å². The number of carbonyl (C=O) groups excluding carboxylic acids is 1. The molecule has 0 spiro atoms. The Bertz CT molecular complexity index is 570. The van der Waals surface area contributed by atoms with Crippen molar-refractivity contribution in [2.75, 3.05) is 13.1 Å². The van der Waals surface area contributed by atoms with Crippen LogP contribution in [0.25, 0.3) is 11.4 Å². The minimum atomic E-state index is 0.0680. The quantitative estimate of drug-likeness (QED) is 0.854. The van der Waals surface area contributed by atoms with Crippen LogP contribution in [0.5, 0.6) is 0 Å². The molecule has 1 saturated heterocycles. The van der Waals surface area contributed by atoms with E-state index in [1.165, 1.54) is 6.33 Å². The summed E-state index contributed by atoms with van der Waals surface area (Å²) in [4.78, 5) is 18.3. The van der Waals surface area contributed by atoms with E-state index in [4.69, 9.17) is 5.73 Å². The zero-order valence-electron chi connectivity index (χ0n) is 11.1. The summed E-state index contributed by atoms with van der Waals surface area (Å²) in [5.74, 6) is 0.700. The van der Waals surface area contributed by atoms with Gasteiger partial charge in [-0.05, 0) is 25.0 Å². The van der Waals surface area contributed by atoms with Crippen molar-refractivity contribution in [3.05, 3.63) is 36.2 Å². The summed E-state index contributed by atoms with van der Waals surface area (Å²) in [5.41, 5.74) is 7.44. The van der Waals surface area contributed by atoms with Crippen LogP contribution in [0, 0.1) is 0 Å². The Balaban J connectivity index is 1.73. The Morgan fingerprint density at radius 2 is 1.95 bits per heavy atom. The Kier molecular flexibility index (Phi) is 3.47. The molecule has 3 N–H and O–H groups in total. The molecule has 2 heterocycles. The first-order valence-electron chi connectivity index (χ1n) is 6.75. The lowest BCUT2D eigenvalue weighted by atomic mass is 10.0. The number of aromatic nitrogens is 3. The first-order chi connectivity index (χ1) is 9.74. The average molecular weight is 271 g/mol. The van der Waals surface area contributed by atoms with Gasteiger partial charge in [0.05, 0.1) is 0 Å². The maximum atomic E-state index is 12.4. The van der Waals surface area contributed by atoms with Gasteiger partial charge in [0.2, 0.25) is 0 Å². The second-order valence-electron chi connectivity index (χ2n) is 5.03. The van der Waals surface area contributed by atoms with Gasteiger partial charge in [-0.1, -0.05) is 12.1 Å². The minimum absolute atomic E-state index is 0.0680. The Labute approximate surface area is 117 Å². The fraction of sp³-hybridized carbons (Fsp3) is 0.357. The van der Waals surface area contributed by atoms with E-state index in [0.717, 1.165) is 31.5 Å². The van der Waals surface area contributed by atoms with Crippen molar-refractivity contribution >= 4 is 5.91 Å². The van der Waals surface area contributed by atoms with Gasteiger partial charge in [-0.2, -0.15) is 5.10 Å². The predicted molar refractivity (Wildman–Crippen MR) is 74.9 cm³/mol. The van der Waals surface area contributed by atoms with Crippen molar-refractivity contribution in [1.82, 2.24) is 20.1 Å². The van der Waals surface area contributed by atoms with Crippen molar-refractivity contribution in [3.63, 3.8) is 0 Å². The highest BCUT2D eigenvalue weighted by Crippen LogP contribution is 2.17. The lowest BCUT2D eigenvalue weighted by Gasteiger charge is -2.30. The fourth-order valence-corrected chi connectivity index (χ4v) is 2.39. The third-order valence-corrected chi connectivity index (χ3v) is 3.63. The monoisotopic (exact) mass is 271 g/mol. The minimum Gasteiger partial charge on any atom is -0.339 e. The molecule has 1 aliphatic rings. The third-order valence-electron chi connectivity index (χ3n) is 3.63. The van der Waals surface area contributed by atoms with E-state index in [2.05, 4.69) is 15.2 Å². The molecule has 1 aromatic heterocycles. The largest absolute Gasteiger partial charge is 0.339 e. The number of benzene rings is 1. The molecule has 0 radical (unpaired) electrons. The van der Waals surface area contributed by atoms with Gasteiger partial charge in [0.25, 0.3) is 5.91 Å². The first-order valence-corrected chi connectivity index (χ1v) is 6.75. The van der Waals surface area contributed by atoms with E-state index in [1.807, 2.05) is 29.2 Å². The topological polar surface area (TPSA) is 87.9 Å². The number of aromatic amines is 1. The standard InChI is InChI=1S/C14H17N5O/c15-12-5-7-19(8-6-12)14(20)11-3-1-10(2-4-11)13-16-9-17-18-13/h1-4,9,12H,5-8,15H2,(H,16,17,18). The van der Waals surface area contributed by atoms with Gasteiger partial charge >= 0.3 is 0 Å². The molecule has 1 aliphatic heterocycles. The number of piperidine rings is 1. The normalized spacial score (nSPS) is 16.4. The Hall–Kier alpha value is -2.21. The highest BCUT2D eigenvalue weighted by atomic mass is 16.2. The summed E-state index contributed by atoms with van der Waals surface area (Å²) in [7, 11) is 0. The SMILES string of the molecule is NC1CCN(C(=O)c2ccc(-c3nc[nH]n3)cc2)CC1. The van der Waals surface area contributed by atoms with Gasteiger partial charge in [-0.25, -0.2) is 4.98 Å². The Morgan fingerprint density at radius 3 is 2.55 bits per heavy atom. The molecular weight excluding hydrogens is 254 g/mol. The molecule has 0 saturated carbocycles. The number of rotatable bonds is 2. The molecule has 0 atom stereocenters. The van der Waals surface area contributed by atoms with Gasteiger partial charge in [-0.3, -0.25) is 9.89 Å². The number of nitrogens with zero attached hydrogens (tertiary/aromatic N) is 3. The van der Waals surface area contributed by atoms with Crippen LogP contribution in [0.15, 0.2) is 30.6 Å². The number of hydrogen-bond acceptors (Lipinski definition) is 4. The summed E-state index contributed by atoms with van der Waals surface area (Å²) < 4.78 is 0. The molecule has 6 heteroatoms. The number of amides is 1. The molecular formula is C14H17N5O. The first kappa shape index (κ1) is 12.8. The van der Waals surface area contributed by atoms with Crippen LogP contribution in [0.1, 0.15) is 23.2 Å². The van der Waals surface area contributed by atoms with Gasteiger partial charge in [0.15, 0.2) is 5.82 Å². The van der Waals surface area contributed by atoms with E-state index in [0.29, 0.717) is 11.4 Å². The molecule has 6 nitrogen and oxygen atoms in total. The fourth-order valence-electron chi connectivity index (χ4n) is 2.39. The van der Waals surface area contributed by atoms with Crippen molar-refractivity contribution < 1.29 is 4.79 Å². The highest BCUT2D eigenvalue weighted by molar-refractivity contribution is 5.94. The zero-order chi connectivity index (χ0) is 13.9. The number of H-pyrrole nitrogens is 1. The van der Waals surface area contributed by atoms with Crippen LogP contribution in [-0.2, 0) is 0 Å². The maximum absolute atomic E-state index is 12.4. The van der Waals surface area contributed by atoms with Gasteiger partial charge in [0.1, 0.15) is 6.33 Å². The third kappa shape index (κ3) is 2.55. The second-order valence-corrected chi connectivity index (χ2v) is 5.03. The van der Waals surface area contributed by atoms with E-state index in [-0.39, 0.29) is 11.9 Å². The molecule has 1 amide bonds. The van der Waals surface area contributed by atoms with Crippen LogP contribution < -0.4 is 5.73 Å². The second kappa shape index (κ2) is 5.42. The molecule has 1 fully saturated rings. The van der Waals surface area contributed by atoms with Crippen LogP contribution in [0.2, 0.25) is 0 Å². The zero-order valence-corrected chi connectivity index (χ0v) is 11.1. The van der Waals surface area contributed by atoms with Crippen molar-refractivity contribution in [1.29, 1.82) is 0 Å². The molecule has 1 aromatic carbocycles. The number of hydrogen-bond donors (Lipinski definition) is 2. The van der Waals surface area contributed by atoms with Crippen LogP contribution in [0.4, 0.5) is 0 Å². The lowest BCUT2D eigenvalue weighted by Crippen LogP contribution is -2.42. The van der Waals surface area contributed by atoms with Crippen molar-refractivity contribution in [3.8, 4) is 11.4 Å². The molecule has 3 rings (SSSR count). The van der Waals surface area contributed by atoms with Crippen LogP contribution in [-0.4, -0.2) is 45.1 Å². The Morgan fingerprint density at radius 1 is 1.25 bits per heavy atom. The van der Waals surface area contributed by atoms with Gasteiger partial charge in [-0.15, -0.1) is 0 Å². The molecule has 0 aliphatic carbocycles. The molecule has 0 unspecified atom stereocenters. The molecule has 0 bridgehead atoms. The number of carbonyl (C=O) groups is 1. The molecule has 20 heavy (non-hydrogen) atoms. The van der Waals surface area contributed by atoms with E-state index >= 15 is 0 Å². The number of nitrogens with two attached hydrogens (primary N) is 1. The number of likely N-dealkylation sites (tertiary alicyclic amines) is 1. The smallest absolute Gasteiger partial charge is 0.253 e. The predicted octanol–water partition coefficient (Wildman–Crippen LogP) is 1.03.